The predicted octanol–water partition coefficient (Wildman–Crippen LogP) is 1.88. The Kier molecular flexibility index (Phi) is 3.45. The zero-order valence-corrected chi connectivity index (χ0v) is 12.3. The molecule has 2 aromatic carbocycles. The van der Waals surface area contributed by atoms with E-state index in [1.807, 2.05) is 30.3 Å². The molecule has 1 atom stereocenters. The maximum atomic E-state index is 5.43. The Balaban J connectivity index is 1.48. The molecule has 1 aliphatic rings. The van der Waals surface area contributed by atoms with Crippen molar-refractivity contribution >= 4 is 0 Å². The number of benzene rings is 2. The molecule has 0 fully saturated rings. The summed E-state index contributed by atoms with van der Waals surface area (Å²) in [6.45, 7) is 2.92. The molecular formula is C18H18N3O+. The lowest BCUT2D eigenvalue weighted by molar-refractivity contribution is -0.930. The summed E-state index contributed by atoms with van der Waals surface area (Å²) in [5, 5.41) is 4.10. The van der Waals surface area contributed by atoms with Gasteiger partial charge in [0.25, 0.3) is 5.89 Å². The fraction of sp³-hybridized carbons (Fsp3) is 0.222. The molecule has 0 spiro atoms. The van der Waals surface area contributed by atoms with Gasteiger partial charge in [-0.3, -0.25) is 0 Å². The molecule has 4 nitrogen and oxygen atoms in total. The van der Waals surface area contributed by atoms with Crippen molar-refractivity contribution in [3.8, 4) is 11.4 Å². The van der Waals surface area contributed by atoms with Gasteiger partial charge in [0.15, 0.2) is 6.54 Å². The van der Waals surface area contributed by atoms with Gasteiger partial charge in [0, 0.05) is 17.5 Å². The van der Waals surface area contributed by atoms with Crippen molar-refractivity contribution in [2.75, 3.05) is 6.54 Å². The van der Waals surface area contributed by atoms with E-state index in [4.69, 9.17) is 4.52 Å². The third-order valence-electron chi connectivity index (χ3n) is 4.21. The molecule has 3 aromatic rings. The number of nitrogens with zero attached hydrogens (tertiary/aromatic N) is 2. The molecule has 4 heteroatoms. The molecule has 0 aliphatic carbocycles. The number of rotatable bonds is 3. The van der Waals surface area contributed by atoms with E-state index in [2.05, 4.69) is 34.4 Å². The van der Waals surface area contributed by atoms with E-state index >= 15 is 0 Å². The molecule has 2 heterocycles. The van der Waals surface area contributed by atoms with Gasteiger partial charge in [-0.2, -0.15) is 4.98 Å². The standard InChI is InChI=1S/C18H17N3O/c1-2-7-15(8-3-1)18-19-17(22-20-18)13-21-11-10-14-6-4-5-9-16(14)12-21/h1-9H,10-13H2/p+1. The van der Waals surface area contributed by atoms with Crippen LogP contribution < -0.4 is 4.90 Å². The highest BCUT2D eigenvalue weighted by Gasteiger charge is 2.21. The van der Waals surface area contributed by atoms with Crippen LogP contribution in [0.15, 0.2) is 59.1 Å². The molecule has 1 unspecified atom stereocenters. The van der Waals surface area contributed by atoms with Crippen molar-refractivity contribution in [2.45, 2.75) is 19.5 Å². The Morgan fingerprint density at radius 3 is 2.59 bits per heavy atom. The van der Waals surface area contributed by atoms with E-state index in [0.717, 1.165) is 31.6 Å². The second-order valence-electron chi connectivity index (χ2n) is 5.75. The summed E-state index contributed by atoms with van der Waals surface area (Å²) in [6.07, 6.45) is 1.12. The van der Waals surface area contributed by atoms with E-state index in [0.29, 0.717) is 11.7 Å². The molecule has 4 rings (SSSR count). The van der Waals surface area contributed by atoms with Gasteiger partial charge in [-0.25, -0.2) is 0 Å². The van der Waals surface area contributed by atoms with Crippen LogP contribution in [0.25, 0.3) is 11.4 Å². The largest absolute Gasteiger partial charge is 0.333 e. The molecular weight excluding hydrogens is 274 g/mol. The van der Waals surface area contributed by atoms with Crippen LogP contribution in [0.5, 0.6) is 0 Å². The second-order valence-corrected chi connectivity index (χ2v) is 5.75. The Hall–Kier alpha value is -2.46. The van der Waals surface area contributed by atoms with Crippen molar-refractivity contribution in [2.24, 2.45) is 0 Å². The van der Waals surface area contributed by atoms with Crippen LogP contribution in [0.2, 0.25) is 0 Å². The van der Waals surface area contributed by atoms with Crippen LogP contribution in [0.1, 0.15) is 17.0 Å². The maximum Gasteiger partial charge on any atom is 0.282 e. The fourth-order valence-electron chi connectivity index (χ4n) is 3.04. The molecule has 110 valence electrons. The van der Waals surface area contributed by atoms with Gasteiger partial charge in [-0.1, -0.05) is 59.8 Å². The van der Waals surface area contributed by atoms with Crippen molar-refractivity contribution in [3.63, 3.8) is 0 Å². The lowest BCUT2D eigenvalue weighted by Crippen LogP contribution is -3.10. The lowest BCUT2D eigenvalue weighted by Gasteiger charge is -2.24. The van der Waals surface area contributed by atoms with Gasteiger partial charge in [0.05, 0.1) is 6.54 Å². The molecule has 22 heavy (non-hydrogen) atoms. The average Bonchev–Trinajstić information content (AvgIpc) is 3.04. The molecule has 0 radical (unpaired) electrons. The van der Waals surface area contributed by atoms with Gasteiger partial charge < -0.3 is 9.42 Å². The third kappa shape index (κ3) is 2.65. The van der Waals surface area contributed by atoms with Gasteiger partial charge in [-0.05, 0) is 5.56 Å². The van der Waals surface area contributed by atoms with Crippen molar-refractivity contribution in [1.29, 1.82) is 0 Å². The summed E-state index contributed by atoms with van der Waals surface area (Å²) >= 11 is 0. The Morgan fingerprint density at radius 2 is 1.73 bits per heavy atom. The van der Waals surface area contributed by atoms with Gasteiger partial charge >= 0.3 is 0 Å². The minimum absolute atomic E-state index is 0.674. The minimum atomic E-state index is 0.674. The summed E-state index contributed by atoms with van der Waals surface area (Å²) in [6, 6.07) is 18.6. The third-order valence-corrected chi connectivity index (χ3v) is 4.21. The van der Waals surface area contributed by atoms with Gasteiger partial charge in [0.2, 0.25) is 5.82 Å². The zero-order chi connectivity index (χ0) is 14.8. The first kappa shape index (κ1) is 13.2. The minimum Gasteiger partial charge on any atom is -0.333 e. The van der Waals surface area contributed by atoms with Crippen molar-refractivity contribution in [1.82, 2.24) is 10.1 Å². The quantitative estimate of drug-likeness (QED) is 0.801. The van der Waals surface area contributed by atoms with Crippen LogP contribution in [-0.2, 0) is 19.5 Å². The summed E-state index contributed by atoms with van der Waals surface area (Å²) < 4.78 is 5.43. The Bertz CT molecular complexity index is 767. The zero-order valence-electron chi connectivity index (χ0n) is 12.3. The first-order chi connectivity index (χ1) is 10.9. The Labute approximate surface area is 129 Å². The molecule has 1 aliphatic heterocycles. The smallest absolute Gasteiger partial charge is 0.282 e. The van der Waals surface area contributed by atoms with Crippen LogP contribution in [0.4, 0.5) is 0 Å². The molecule has 0 bridgehead atoms. The highest BCUT2D eigenvalue weighted by molar-refractivity contribution is 5.53. The topological polar surface area (TPSA) is 43.4 Å². The highest BCUT2D eigenvalue weighted by atomic mass is 16.5. The van der Waals surface area contributed by atoms with Crippen LogP contribution in [-0.4, -0.2) is 16.7 Å². The number of nitrogens with one attached hydrogen (secondary N) is 1. The summed E-state index contributed by atoms with van der Waals surface area (Å²) in [4.78, 5) is 6.01. The maximum absolute atomic E-state index is 5.43. The number of hydrogen-bond donors (Lipinski definition) is 1. The first-order valence-corrected chi connectivity index (χ1v) is 7.67. The van der Waals surface area contributed by atoms with E-state index in [-0.39, 0.29) is 0 Å². The monoisotopic (exact) mass is 292 g/mol. The Morgan fingerprint density at radius 1 is 0.955 bits per heavy atom. The molecule has 1 aromatic heterocycles. The molecule has 0 saturated heterocycles. The summed E-state index contributed by atoms with van der Waals surface area (Å²) in [7, 11) is 0. The van der Waals surface area contributed by atoms with Crippen molar-refractivity contribution in [3.05, 3.63) is 71.6 Å². The fourth-order valence-corrected chi connectivity index (χ4v) is 3.04. The number of hydrogen-bond acceptors (Lipinski definition) is 3. The van der Waals surface area contributed by atoms with Crippen molar-refractivity contribution < 1.29 is 9.42 Å². The highest BCUT2D eigenvalue weighted by Crippen LogP contribution is 2.15. The summed E-state index contributed by atoms with van der Waals surface area (Å²) in [5.74, 6) is 1.39. The van der Waals surface area contributed by atoms with E-state index < -0.39 is 0 Å². The van der Waals surface area contributed by atoms with Crippen LogP contribution >= 0.6 is 0 Å². The van der Waals surface area contributed by atoms with Crippen LogP contribution in [0.3, 0.4) is 0 Å². The second kappa shape index (κ2) is 5.73. The molecule has 0 saturated carbocycles. The number of aromatic nitrogens is 2. The molecule has 1 N–H and O–H groups in total. The number of quaternary nitrogens is 1. The first-order valence-electron chi connectivity index (χ1n) is 7.67. The number of fused-ring (bicyclic) bond motifs is 1. The average molecular weight is 292 g/mol. The van der Waals surface area contributed by atoms with E-state index in [9.17, 15) is 0 Å². The SMILES string of the molecule is c1ccc(-c2noc(C[NH+]3CCc4ccccc4C3)n2)cc1. The molecule has 0 amide bonds. The van der Waals surface area contributed by atoms with E-state index in [1.54, 1.807) is 0 Å². The summed E-state index contributed by atoms with van der Waals surface area (Å²) in [5.41, 5.74) is 3.91. The van der Waals surface area contributed by atoms with E-state index in [1.165, 1.54) is 16.0 Å². The predicted molar refractivity (Wildman–Crippen MR) is 83.1 cm³/mol. The van der Waals surface area contributed by atoms with Gasteiger partial charge in [-0.15, -0.1) is 0 Å². The van der Waals surface area contributed by atoms with Crippen LogP contribution in [0, 0.1) is 0 Å². The van der Waals surface area contributed by atoms with Gasteiger partial charge in [0.1, 0.15) is 6.54 Å². The normalized spacial score (nSPS) is 17.2. The lowest BCUT2D eigenvalue weighted by atomic mass is 10.00.